The van der Waals surface area contributed by atoms with Gasteiger partial charge in [0.15, 0.2) is 5.78 Å². The summed E-state index contributed by atoms with van der Waals surface area (Å²) in [5, 5.41) is 0.853. The molecule has 0 aliphatic carbocycles. The van der Waals surface area contributed by atoms with Crippen LogP contribution in [0.2, 0.25) is 5.28 Å². The number of benzene rings is 2. The van der Waals surface area contributed by atoms with Crippen molar-refractivity contribution < 1.29 is 4.79 Å². The average molecular weight is 496 g/mol. The summed E-state index contributed by atoms with van der Waals surface area (Å²) in [5.41, 5.74) is 4.04. The van der Waals surface area contributed by atoms with Gasteiger partial charge >= 0.3 is 0 Å². The van der Waals surface area contributed by atoms with Gasteiger partial charge in [0.2, 0.25) is 5.28 Å². The number of aliphatic imine (C=N–C) groups is 2. The third-order valence-electron chi connectivity index (χ3n) is 6.43. The number of carbonyl (C=O) groups is 1. The van der Waals surface area contributed by atoms with Gasteiger partial charge in [0.05, 0.1) is 11.6 Å². The average Bonchev–Trinajstić information content (AvgIpc) is 3.28. The van der Waals surface area contributed by atoms with Crippen molar-refractivity contribution in [2.24, 2.45) is 21.8 Å². The van der Waals surface area contributed by atoms with Crippen molar-refractivity contribution in [3.8, 4) is 0 Å². The molecule has 180 valence electrons. The highest BCUT2D eigenvalue weighted by Crippen LogP contribution is 2.31. The second kappa shape index (κ2) is 9.99. The van der Waals surface area contributed by atoms with Crippen LogP contribution in [0.5, 0.6) is 0 Å². The van der Waals surface area contributed by atoms with Crippen LogP contribution in [0.25, 0.3) is 11.0 Å². The summed E-state index contributed by atoms with van der Waals surface area (Å²) in [7, 11) is 0. The fourth-order valence-electron chi connectivity index (χ4n) is 4.48. The number of halogens is 1. The van der Waals surface area contributed by atoms with Gasteiger partial charge in [0.1, 0.15) is 11.5 Å². The monoisotopic (exact) mass is 495 g/mol. The van der Waals surface area contributed by atoms with Crippen molar-refractivity contribution in [1.82, 2.24) is 14.5 Å². The maximum absolute atomic E-state index is 13.9. The highest BCUT2D eigenvalue weighted by atomic mass is 35.5. The Morgan fingerprint density at radius 3 is 2.28 bits per heavy atom. The van der Waals surface area contributed by atoms with E-state index in [-0.39, 0.29) is 23.0 Å². The van der Waals surface area contributed by atoms with Gasteiger partial charge < -0.3 is 4.57 Å². The van der Waals surface area contributed by atoms with Crippen LogP contribution >= 0.6 is 11.6 Å². The van der Waals surface area contributed by atoms with Gasteiger partial charge in [-0.05, 0) is 25.4 Å². The normalized spacial score (nSPS) is 17.3. The molecule has 0 saturated heterocycles. The van der Waals surface area contributed by atoms with Crippen molar-refractivity contribution in [2.45, 2.75) is 26.8 Å². The van der Waals surface area contributed by atoms with E-state index in [1.54, 1.807) is 12.4 Å². The highest BCUT2D eigenvalue weighted by molar-refractivity contribution is 6.28. The number of ketones is 1. The lowest BCUT2D eigenvalue weighted by Crippen LogP contribution is -2.28. The second-order valence-electron chi connectivity index (χ2n) is 9.12. The minimum Gasteiger partial charge on any atom is -0.329 e. The SMILES string of the molecule is CC1C(N=C(c2ccccc2)c2ccccc2)=NC=CC1C(=O)c1cn(C(C)C)c2nc(Cl)ncc12. The molecule has 3 heterocycles. The van der Waals surface area contributed by atoms with E-state index in [1.807, 2.05) is 98.3 Å². The van der Waals surface area contributed by atoms with E-state index < -0.39 is 5.92 Å². The molecule has 1 aliphatic rings. The Balaban J connectivity index is 1.53. The van der Waals surface area contributed by atoms with Crippen LogP contribution in [0.15, 0.2) is 95.3 Å². The third-order valence-corrected chi connectivity index (χ3v) is 6.62. The maximum Gasteiger partial charge on any atom is 0.224 e. The van der Waals surface area contributed by atoms with Gasteiger partial charge in [-0.2, -0.15) is 4.98 Å². The number of nitrogens with zero attached hydrogens (tertiary/aromatic N) is 5. The molecule has 7 heteroatoms. The molecule has 2 aromatic heterocycles. The largest absolute Gasteiger partial charge is 0.329 e. The first-order chi connectivity index (χ1) is 17.4. The topological polar surface area (TPSA) is 72.5 Å². The Kier molecular flexibility index (Phi) is 6.61. The molecule has 0 spiro atoms. The van der Waals surface area contributed by atoms with Crippen molar-refractivity contribution in [1.29, 1.82) is 0 Å². The number of amidine groups is 1. The van der Waals surface area contributed by atoms with Crippen LogP contribution in [0.3, 0.4) is 0 Å². The Hall–Kier alpha value is -3.90. The van der Waals surface area contributed by atoms with Crippen molar-refractivity contribution in [3.63, 3.8) is 0 Å². The fourth-order valence-corrected chi connectivity index (χ4v) is 4.61. The number of rotatable bonds is 5. The van der Waals surface area contributed by atoms with E-state index >= 15 is 0 Å². The number of aromatic nitrogens is 3. The number of hydrogen-bond acceptors (Lipinski definition) is 5. The molecule has 1 aliphatic heterocycles. The highest BCUT2D eigenvalue weighted by Gasteiger charge is 2.32. The minimum absolute atomic E-state index is 0.0161. The van der Waals surface area contributed by atoms with Gasteiger partial charge in [0, 0.05) is 52.6 Å². The summed E-state index contributed by atoms with van der Waals surface area (Å²) in [6.45, 7) is 6.08. The lowest BCUT2D eigenvalue weighted by atomic mass is 9.84. The molecule has 4 aromatic rings. The Bertz CT molecular complexity index is 1460. The molecule has 2 aromatic carbocycles. The predicted molar refractivity (Wildman–Crippen MR) is 145 cm³/mol. The van der Waals surface area contributed by atoms with Crippen LogP contribution in [0.4, 0.5) is 0 Å². The van der Waals surface area contributed by atoms with E-state index in [1.165, 1.54) is 0 Å². The van der Waals surface area contributed by atoms with Crippen LogP contribution < -0.4 is 0 Å². The maximum atomic E-state index is 13.9. The van der Waals surface area contributed by atoms with Crippen molar-refractivity contribution in [2.75, 3.05) is 0 Å². The molecule has 2 unspecified atom stereocenters. The molecule has 0 bridgehead atoms. The van der Waals surface area contributed by atoms with E-state index in [4.69, 9.17) is 16.6 Å². The first-order valence-electron chi connectivity index (χ1n) is 11.9. The second-order valence-corrected chi connectivity index (χ2v) is 9.46. The number of allylic oxidation sites excluding steroid dienone is 1. The minimum atomic E-state index is -0.420. The van der Waals surface area contributed by atoms with Gasteiger partial charge in [-0.15, -0.1) is 0 Å². The first kappa shape index (κ1) is 23.8. The molecule has 0 saturated carbocycles. The molecule has 0 N–H and O–H groups in total. The molecule has 6 nitrogen and oxygen atoms in total. The number of carbonyl (C=O) groups excluding carboxylic acids is 1. The zero-order valence-electron chi connectivity index (χ0n) is 20.3. The summed E-state index contributed by atoms with van der Waals surface area (Å²) in [6.07, 6.45) is 7.03. The molecule has 0 fully saturated rings. The smallest absolute Gasteiger partial charge is 0.224 e. The summed E-state index contributed by atoms with van der Waals surface area (Å²) in [6, 6.07) is 20.2. The lowest BCUT2D eigenvalue weighted by molar-refractivity contribution is 0.0930. The molecular formula is C29H26ClN5O. The summed E-state index contributed by atoms with van der Waals surface area (Å²) in [5.74, 6) is -0.0466. The lowest BCUT2D eigenvalue weighted by Gasteiger charge is -2.22. The zero-order chi connectivity index (χ0) is 25.2. The van der Waals surface area contributed by atoms with Gasteiger partial charge in [-0.3, -0.25) is 4.79 Å². The molecular weight excluding hydrogens is 470 g/mol. The summed E-state index contributed by atoms with van der Waals surface area (Å²) in [4.78, 5) is 32.0. The summed E-state index contributed by atoms with van der Waals surface area (Å²) < 4.78 is 1.96. The molecule has 2 atom stereocenters. The van der Waals surface area contributed by atoms with E-state index in [0.717, 1.165) is 16.8 Å². The molecule has 36 heavy (non-hydrogen) atoms. The summed E-state index contributed by atoms with van der Waals surface area (Å²) >= 11 is 6.06. The predicted octanol–water partition coefficient (Wildman–Crippen LogP) is 6.56. The van der Waals surface area contributed by atoms with Crippen molar-refractivity contribution >= 4 is 40.0 Å². The standard InChI is InChI=1S/C29H26ClN5O/c1-18(2)35-17-24(23-16-32-29(30)34-28(23)35)26(36)22-14-15-31-27(19(22)3)33-25(20-10-6-4-7-11-20)21-12-8-5-9-13-21/h4-19,22H,1-3H3. The van der Waals surface area contributed by atoms with Crippen LogP contribution in [0, 0.1) is 11.8 Å². The van der Waals surface area contributed by atoms with Gasteiger partial charge in [0.25, 0.3) is 0 Å². The van der Waals surface area contributed by atoms with Crippen LogP contribution in [-0.4, -0.2) is 31.9 Å². The van der Waals surface area contributed by atoms with Gasteiger partial charge in [-0.1, -0.05) is 73.7 Å². The quantitative estimate of drug-likeness (QED) is 0.179. The van der Waals surface area contributed by atoms with Gasteiger partial charge in [-0.25, -0.2) is 15.0 Å². The van der Waals surface area contributed by atoms with E-state index in [2.05, 4.69) is 15.0 Å². The number of hydrogen-bond donors (Lipinski definition) is 0. The van der Waals surface area contributed by atoms with E-state index in [9.17, 15) is 4.79 Å². The molecule has 5 rings (SSSR count). The van der Waals surface area contributed by atoms with Crippen LogP contribution in [0.1, 0.15) is 48.3 Å². The molecule has 0 amide bonds. The Morgan fingerprint density at radius 2 is 1.67 bits per heavy atom. The number of fused-ring (bicyclic) bond motifs is 1. The number of Topliss-reactive ketones (excluding diaryl/α,β-unsaturated/α-hetero) is 1. The van der Waals surface area contributed by atoms with Crippen LogP contribution in [-0.2, 0) is 0 Å². The van der Waals surface area contributed by atoms with E-state index in [0.29, 0.717) is 22.4 Å². The Morgan fingerprint density at radius 1 is 1.03 bits per heavy atom. The van der Waals surface area contributed by atoms with Crippen molar-refractivity contribution in [3.05, 3.63) is 107 Å². The molecule has 0 radical (unpaired) electrons. The first-order valence-corrected chi connectivity index (χ1v) is 12.3. The Labute approximate surface area is 215 Å². The zero-order valence-corrected chi connectivity index (χ0v) is 21.1. The fraction of sp³-hybridized carbons (Fsp3) is 0.207. The third kappa shape index (κ3) is 4.52.